The highest BCUT2D eigenvalue weighted by Crippen LogP contribution is 2.37. The highest BCUT2D eigenvalue weighted by Gasteiger charge is 2.29. The van der Waals surface area contributed by atoms with Crippen molar-refractivity contribution >= 4 is 17.5 Å². The van der Waals surface area contributed by atoms with Gasteiger partial charge in [-0.2, -0.15) is 0 Å². The Hall–Kier alpha value is -2.31. The van der Waals surface area contributed by atoms with Gasteiger partial charge in [-0.05, 0) is 37.1 Å². The predicted octanol–water partition coefficient (Wildman–Crippen LogP) is 3.26. The molecule has 7 heteroatoms. The van der Waals surface area contributed by atoms with E-state index < -0.39 is 0 Å². The maximum atomic E-state index is 12.9. The van der Waals surface area contributed by atoms with Crippen molar-refractivity contribution in [2.75, 3.05) is 26.4 Å². The number of carbonyl (C=O) groups is 1. The smallest absolute Gasteiger partial charge is 0.226 e. The van der Waals surface area contributed by atoms with Gasteiger partial charge in [-0.1, -0.05) is 11.6 Å². The molecule has 4 rings (SSSR count). The molecular formula is C20H21ClN2O4. The van der Waals surface area contributed by atoms with Crippen LogP contribution in [0.4, 0.5) is 0 Å². The van der Waals surface area contributed by atoms with Crippen LogP contribution in [-0.4, -0.2) is 47.3 Å². The van der Waals surface area contributed by atoms with Gasteiger partial charge in [-0.25, -0.2) is 0 Å². The Labute approximate surface area is 162 Å². The van der Waals surface area contributed by atoms with Gasteiger partial charge in [0, 0.05) is 43.0 Å². The van der Waals surface area contributed by atoms with Crippen LogP contribution in [0.25, 0.3) is 11.3 Å². The number of benzene rings is 1. The number of phenols is 1. The van der Waals surface area contributed by atoms with E-state index in [1.54, 1.807) is 24.4 Å². The molecule has 1 aromatic carbocycles. The van der Waals surface area contributed by atoms with Crippen LogP contribution in [0.15, 0.2) is 30.5 Å². The minimum absolute atomic E-state index is 0.00462. The molecule has 2 aromatic rings. The van der Waals surface area contributed by atoms with E-state index in [4.69, 9.17) is 21.1 Å². The molecule has 0 unspecified atom stereocenters. The second-order valence-corrected chi connectivity index (χ2v) is 7.28. The molecule has 0 saturated carbocycles. The molecule has 142 valence electrons. The lowest BCUT2D eigenvalue weighted by atomic mass is 9.98. The summed E-state index contributed by atoms with van der Waals surface area (Å²) in [5.74, 6) is 0.619. The highest BCUT2D eigenvalue weighted by molar-refractivity contribution is 6.30. The van der Waals surface area contributed by atoms with Crippen LogP contribution in [0.1, 0.15) is 18.4 Å². The molecule has 1 saturated heterocycles. The fourth-order valence-corrected chi connectivity index (χ4v) is 3.70. The van der Waals surface area contributed by atoms with Crippen LogP contribution >= 0.6 is 11.6 Å². The van der Waals surface area contributed by atoms with Crippen LogP contribution < -0.4 is 4.74 Å². The quantitative estimate of drug-likeness (QED) is 0.855. The van der Waals surface area contributed by atoms with Crippen LogP contribution in [0.2, 0.25) is 5.02 Å². The molecule has 0 bridgehead atoms. The van der Waals surface area contributed by atoms with Gasteiger partial charge in [0.2, 0.25) is 5.91 Å². The number of rotatable bonds is 2. The predicted molar refractivity (Wildman–Crippen MR) is 101 cm³/mol. The number of amides is 1. The molecule has 1 amide bonds. The van der Waals surface area contributed by atoms with Crippen molar-refractivity contribution < 1.29 is 19.4 Å². The molecule has 0 radical (unpaired) electrons. The number of pyridine rings is 1. The summed E-state index contributed by atoms with van der Waals surface area (Å²) >= 11 is 5.91. The Kier molecular flexibility index (Phi) is 5.18. The summed E-state index contributed by atoms with van der Waals surface area (Å²) in [7, 11) is 0. The monoisotopic (exact) mass is 388 g/mol. The minimum atomic E-state index is -0.00462. The number of aromatic hydroxyl groups is 1. The standard InChI is InChI=1S/C20H21ClN2O4/c21-16-1-2-17(22-11-16)14-9-15-12-23(5-8-27-19(15)18(24)10-14)20(25)13-3-6-26-7-4-13/h1-2,9-11,13,24H,3-8,12H2. The normalized spacial score (nSPS) is 17.7. The number of nitrogens with zero attached hydrogens (tertiary/aromatic N) is 2. The molecule has 1 N–H and O–H groups in total. The Bertz CT molecular complexity index is 835. The Morgan fingerprint density at radius 1 is 1.22 bits per heavy atom. The van der Waals surface area contributed by atoms with E-state index in [0.717, 1.165) is 24.0 Å². The van der Waals surface area contributed by atoms with Crippen molar-refractivity contribution in [3.63, 3.8) is 0 Å². The fraction of sp³-hybridized carbons (Fsp3) is 0.400. The summed E-state index contributed by atoms with van der Waals surface area (Å²) in [5.41, 5.74) is 2.23. The third-order valence-electron chi connectivity index (χ3n) is 5.02. The third-order valence-corrected chi connectivity index (χ3v) is 5.24. The SMILES string of the molecule is O=C(C1CCOCC1)N1CCOc2c(O)cc(-c3ccc(Cl)cn3)cc2C1. The summed E-state index contributed by atoms with van der Waals surface area (Å²) in [5, 5.41) is 11.0. The lowest BCUT2D eigenvalue weighted by Crippen LogP contribution is -2.39. The van der Waals surface area contributed by atoms with Gasteiger partial charge in [0.15, 0.2) is 11.5 Å². The fourth-order valence-electron chi connectivity index (χ4n) is 3.58. The maximum Gasteiger partial charge on any atom is 0.226 e. The second-order valence-electron chi connectivity index (χ2n) is 6.84. The molecule has 1 aromatic heterocycles. The van der Waals surface area contributed by atoms with Crippen molar-refractivity contribution in [3.8, 4) is 22.8 Å². The number of hydrogen-bond donors (Lipinski definition) is 1. The van der Waals surface area contributed by atoms with E-state index in [1.807, 2.05) is 11.0 Å². The van der Waals surface area contributed by atoms with Crippen LogP contribution in [-0.2, 0) is 16.1 Å². The third kappa shape index (κ3) is 3.87. The first-order chi connectivity index (χ1) is 13.1. The molecule has 6 nitrogen and oxygen atoms in total. The average molecular weight is 389 g/mol. The number of hydrogen-bond acceptors (Lipinski definition) is 5. The van der Waals surface area contributed by atoms with Gasteiger partial charge in [0.25, 0.3) is 0 Å². The van der Waals surface area contributed by atoms with Crippen molar-refractivity contribution in [3.05, 3.63) is 41.0 Å². The van der Waals surface area contributed by atoms with E-state index >= 15 is 0 Å². The summed E-state index contributed by atoms with van der Waals surface area (Å²) in [6, 6.07) is 7.10. The number of carbonyl (C=O) groups excluding carboxylic acids is 1. The zero-order valence-corrected chi connectivity index (χ0v) is 15.6. The second kappa shape index (κ2) is 7.74. The molecule has 1 fully saturated rings. The summed E-state index contributed by atoms with van der Waals surface area (Å²) in [6.07, 6.45) is 3.07. The van der Waals surface area contributed by atoms with Gasteiger partial charge in [-0.15, -0.1) is 0 Å². The van der Waals surface area contributed by atoms with Crippen molar-refractivity contribution in [1.82, 2.24) is 9.88 Å². The molecular weight excluding hydrogens is 368 g/mol. The van der Waals surface area contributed by atoms with Crippen LogP contribution in [0.3, 0.4) is 0 Å². The lowest BCUT2D eigenvalue weighted by molar-refractivity contribution is -0.139. The summed E-state index contributed by atoms with van der Waals surface area (Å²) < 4.78 is 11.1. The van der Waals surface area contributed by atoms with Crippen molar-refractivity contribution in [2.45, 2.75) is 19.4 Å². The first kappa shape index (κ1) is 18.1. The van der Waals surface area contributed by atoms with Gasteiger partial charge < -0.3 is 19.5 Å². The minimum Gasteiger partial charge on any atom is -0.504 e. The number of ether oxygens (including phenoxy) is 2. The average Bonchev–Trinajstić information content (AvgIpc) is 2.91. The molecule has 2 aliphatic heterocycles. The van der Waals surface area contributed by atoms with E-state index in [1.165, 1.54) is 0 Å². The van der Waals surface area contributed by atoms with Crippen molar-refractivity contribution in [2.24, 2.45) is 5.92 Å². The molecule has 0 spiro atoms. The highest BCUT2D eigenvalue weighted by atomic mass is 35.5. The summed E-state index contributed by atoms with van der Waals surface area (Å²) in [4.78, 5) is 19.0. The maximum absolute atomic E-state index is 12.9. The van der Waals surface area contributed by atoms with E-state index in [-0.39, 0.29) is 17.6 Å². The zero-order valence-electron chi connectivity index (χ0n) is 14.9. The van der Waals surface area contributed by atoms with Gasteiger partial charge in [0.05, 0.1) is 17.3 Å². The van der Waals surface area contributed by atoms with Gasteiger partial charge >= 0.3 is 0 Å². The number of halogens is 1. The van der Waals surface area contributed by atoms with Gasteiger partial charge in [0.1, 0.15) is 6.61 Å². The Morgan fingerprint density at radius 3 is 2.78 bits per heavy atom. The van der Waals surface area contributed by atoms with Gasteiger partial charge in [-0.3, -0.25) is 9.78 Å². The first-order valence-corrected chi connectivity index (χ1v) is 9.47. The molecule has 2 aliphatic rings. The first-order valence-electron chi connectivity index (χ1n) is 9.09. The molecule has 0 aliphatic carbocycles. The Morgan fingerprint density at radius 2 is 2.04 bits per heavy atom. The number of aromatic nitrogens is 1. The number of fused-ring (bicyclic) bond motifs is 1. The zero-order chi connectivity index (χ0) is 18.8. The van der Waals surface area contributed by atoms with Crippen LogP contribution in [0, 0.1) is 5.92 Å². The topological polar surface area (TPSA) is 71.9 Å². The summed E-state index contributed by atoms with van der Waals surface area (Å²) in [6.45, 7) is 2.52. The van der Waals surface area contributed by atoms with Crippen LogP contribution in [0.5, 0.6) is 11.5 Å². The van der Waals surface area contributed by atoms with Crippen molar-refractivity contribution in [1.29, 1.82) is 0 Å². The van der Waals surface area contributed by atoms with E-state index in [9.17, 15) is 9.90 Å². The van der Waals surface area contributed by atoms with E-state index in [0.29, 0.717) is 49.4 Å². The van der Waals surface area contributed by atoms with E-state index in [2.05, 4.69) is 4.98 Å². The molecule has 27 heavy (non-hydrogen) atoms. The number of phenolic OH excluding ortho intramolecular Hbond substituents is 1. The molecule has 0 atom stereocenters. The Balaban J connectivity index is 1.62. The molecule has 3 heterocycles. The lowest BCUT2D eigenvalue weighted by Gasteiger charge is -2.28. The largest absolute Gasteiger partial charge is 0.504 e.